The summed E-state index contributed by atoms with van der Waals surface area (Å²) in [5, 5.41) is 13.0. The lowest BCUT2D eigenvalue weighted by Crippen LogP contribution is -2.12. The van der Waals surface area contributed by atoms with Gasteiger partial charge in [0.25, 0.3) is 0 Å². The number of esters is 1. The van der Waals surface area contributed by atoms with Crippen molar-refractivity contribution >= 4 is 23.4 Å². The number of aromatic nitrogens is 2. The van der Waals surface area contributed by atoms with Crippen molar-refractivity contribution in [3.8, 4) is 0 Å². The van der Waals surface area contributed by atoms with Gasteiger partial charge in [0.1, 0.15) is 16.6 Å². The maximum Gasteiger partial charge on any atom is 0.357 e. The Bertz CT molecular complexity index is 360. The van der Waals surface area contributed by atoms with E-state index in [-0.39, 0.29) is 22.2 Å². The summed E-state index contributed by atoms with van der Waals surface area (Å²) in [6, 6.07) is 0. The number of amidine groups is 1. The van der Waals surface area contributed by atoms with Gasteiger partial charge in [0.15, 0.2) is 5.69 Å². The Morgan fingerprint density at radius 2 is 2.38 bits per heavy atom. The molecule has 0 aliphatic heterocycles. The van der Waals surface area contributed by atoms with E-state index in [4.69, 9.17) is 22.7 Å². The molecule has 0 aliphatic rings. The first-order chi connectivity index (χ1) is 6.07. The first-order valence-electron chi connectivity index (χ1n) is 3.24. The van der Waals surface area contributed by atoms with E-state index in [1.165, 1.54) is 7.11 Å². The zero-order chi connectivity index (χ0) is 10.0. The molecular formula is C6H7ClN4O2. The number of hydrogen-bond acceptors (Lipinski definition) is 4. The van der Waals surface area contributed by atoms with Gasteiger partial charge >= 0.3 is 5.97 Å². The van der Waals surface area contributed by atoms with E-state index in [0.717, 1.165) is 0 Å². The number of rotatable bonds is 2. The van der Waals surface area contributed by atoms with Gasteiger partial charge in [-0.15, -0.1) is 0 Å². The number of nitrogens with two attached hydrogens (primary N) is 1. The van der Waals surface area contributed by atoms with E-state index < -0.39 is 5.97 Å². The van der Waals surface area contributed by atoms with Gasteiger partial charge < -0.3 is 10.5 Å². The van der Waals surface area contributed by atoms with E-state index in [0.29, 0.717) is 0 Å². The lowest BCUT2D eigenvalue weighted by atomic mass is 10.3. The highest BCUT2D eigenvalue weighted by Gasteiger charge is 2.19. The first kappa shape index (κ1) is 9.53. The molecule has 0 spiro atoms. The van der Waals surface area contributed by atoms with Crippen molar-refractivity contribution in [2.75, 3.05) is 7.11 Å². The molecule has 0 amide bonds. The van der Waals surface area contributed by atoms with Crippen molar-refractivity contribution in [2.24, 2.45) is 5.73 Å². The second-order valence-corrected chi connectivity index (χ2v) is 2.54. The molecule has 7 heteroatoms. The van der Waals surface area contributed by atoms with Crippen LogP contribution in [0.25, 0.3) is 0 Å². The van der Waals surface area contributed by atoms with Gasteiger partial charge in [-0.1, -0.05) is 11.6 Å². The minimum atomic E-state index is -0.648. The van der Waals surface area contributed by atoms with E-state index in [1.54, 1.807) is 0 Å². The highest BCUT2D eigenvalue weighted by Crippen LogP contribution is 2.18. The number of halogens is 1. The van der Waals surface area contributed by atoms with Gasteiger partial charge in [-0.25, -0.2) is 4.79 Å². The second-order valence-electron chi connectivity index (χ2n) is 2.17. The number of hydrogen-bond donors (Lipinski definition) is 3. The van der Waals surface area contributed by atoms with Crippen LogP contribution in [0.15, 0.2) is 0 Å². The molecule has 0 aliphatic carbocycles. The Balaban J connectivity index is 3.13. The van der Waals surface area contributed by atoms with Crippen LogP contribution in [0, 0.1) is 5.41 Å². The summed E-state index contributed by atoms with van der Waals surface area (Å²) in [6.07, 6.45) is 0. The van der Waals surface area contributed by atoms with Crippen LogP contribution >= 0.6 is 11.6 Å². The normalized spacial score (nSPS) is 9.69. The Morgan fingerprint density at radius 3 is 2.77 bits per heavy atom. The largest absolute Gasteiger partial charge is 0.464 e. The van der Waals surface area contributed by atoms with Gasteiger partial charge in [-0.05, 0) is 0 Å². The molecule has 0 radical (unpaired) electrons. The first-order valence-corrected chi connectivity index (χ1v) is 3.62. The zero-order valence-corrected chi connectivity index (χ0v) is 7.47. The molecule has 1 rings (SSSR count). The average Bonchev–Trinajstić information content (AvgIpc) is 2.46. The number of carbonyl (C=O) groups is 1. The zero-order valence-electron chi connectivity index (χ0n) is 6.72. The molecule has 0 saturated heterocycles. The molecule has 6 nitrogen and oxygen atoms in total. The summed E-state index contributed by atoms with van der Waals surface area (Å²) < 4.78 is 4.40. The lowest BCUT2D eigenvalue weighted by molar-refractivity contribution is 0.0594. The van der Waals surface area contributed by atoms with Crippen molar-refractivity contribution in [3.63, 3.8) is 0 Å². The minimum absolute atomic E-state index is 0.000602. The van der Waals surface area contributed by atoms with Crippen LogP contribution in [-0.2, 0) is 4.74 Å². The molecule has 0 saturated carbocycles. The summed E-state index contributed by atoms with van der Waals surface area (Å²) in [6.45, 7) is 0. The predicted octanol–water partition coefficient (Wildman–Crippen LogP) is 0.134. The Labute approximate surface area is 78.5 Å². The van der Waals surface area contributed by atoms with Crippen molar-refractivity contribution in [3.05, 3.63) is 16.4 Å². The number of H-pyrrole nitrogens is 1. The minimum Gasteiger partial charge on any atom is -0.464 e. The van der Waals surface area contributed by atoms with Gasteiger partial charge in [0.05, 0.1) is 7.11 Å². The van der Waals surface area contributed by atoms with Crippen molar-refractivity contribution in [2.45, 2.75) is 0 Å². The number of aromatic amines is 1. The maximum atomic E-state index is 11.0. The van der Waals surface area contributed by atoms with Crippen molar-refractivity contribution in [1.29, 1.82) is 5.41 Å². The highest BCUT2D eigenvalue weighted by molar-refractivity contribution is 6.36. The fourth-order valence-corrected chi connectivity index (χ4v) is 1.01. The van der Waals surface area contributed by atoms with Gasteiger partial charge in [0.2, 0.25) is 0 Å². The van der Waals surface area contributed by atoms with Crippen molar-refractivity contribution in [1.82, 2.24) is 10.2 Å². The number of carbonyl (C=O) groups excluding carboxylic acids is 1. The van der Waals surface area contributed by atoms with E-state index in [2.05, 4.69) is 14.9 Å². The number of methoxy groups -OCH3 is 1. The van der Waals surface area contributed by atoms with Crippen LogP contribution in [0.2, 0.25) is 5.02 Å². The molecule has 1 heterocycles. The molecule has 70 valence electrons. The summed E-state index contributed by atoms with van der Waals surface area (Å²) in [7, 11) is 1.22. The molecule has 0 unspecified atom stereocenters. The van der Waals surface area contributed by atoms with Crippen LogP contribution in [0.5, 0.6) is 0 Å². The van der Waals surface area contributed by atoms with Gasteiger partial charge in [-0.3, -0.25) is 10.5 Å². The molecule has 0 bridgehead atoms. The molecule has 0 aromatic carbocycles. The standard InChI is InChI=1S/C6H7ClN4O2/c1-13-6(12)4-2(7)3(5(8)9)10-11-4/h1H3,(H3,8,9)(H,10,11). The van der Waals surface area contributed by atoms with Crippen LogP contribution in [0.1, 0.15) is 16.2 Å². The average molecular weight is 203 g/mol. The van der Waals surface area contributed by atoms with Crippen LogP contribution < -0.4 is 5.73 Å². The number of nitrogen functional groups attached to an aromatic ring is 1. The second kappa shape index (κ2) is 3.44. The highest BCUT2D eigenvalue weighted by atomic mass is 35.5. The molecule has 1 aromatic heterocycles. The predicted molar refractivity (Wildman–Crippen MR) is 46.0 cm³/mol. The van der Waals surface area contributed by atoms with Crippen LogP contribution in [-0.4, -0.2) is 29.1 Å². The smallest absolute Gasteiger partial charge is 0.357 e. The topological polar surface area (TPSA) is 105 Å². The number of nitrogens with one attached hydrogen (secondary N) is 2. The summed E-state index contributed by atoms with van der Waals surface area (Å²) in [5.41, 5.74) is 5.17. The third-order valence-corrected chi connectivity index (χ3v) is 1.72. The van der Waals surface area contributed by atoms with E-state index >= 15 is 0 Å². The molecule has 13 heavy (non-hydrogen) atoms. The van der Waals surface area contributed by atoms with Crippen LogP contribution in [0.3, 0.4) is 0 Å². The maximum absolute atomic E-state index is 11.0. The third-order valence-electron chi connectivity index (χ3n) is 1.35. The Kier molecular flexibility index (Phi) is 2.52. The van der Waals surface area contributed by atoms with Gasteiger partial charge in [-0.2, -0.15) is 5.10 Å². The van der Waals surface area contributed by atoms with E-state index in [9.17, 15) is 4.79 Å². The summed E-state index contributed by atoms with van der Waals surface area (Å²) >= 11 is 5.68. The fraction of sp³-hybridized carbons (Fsp3) is 0.167. The lowest BCUT2D eigenvalue weighted by Gasteiger charge is -1.94. The summed E-state index contributed by atoms with van der Waals surface area (Å²) in [4.78, 5) is 11.0. The quantitative estimate of drug-likeness (QED) is 0.360. The Hall–Kier alpha value is -1.56. The van der Waals surface area contributed by atoms with Gasteiger partial charge in [0, 0.05) is 0 Å². The SMILES string of the molecule is COC(=O)c1[nH]nc(C(=N)N)c1Cl. The van der Waals surface area contributed by atoms with Crippen LogP contribution in [0.4, 0.5) is 0 Å². The molecule has 1 aromatic rings. The molecule has 4 N–H and O–H groups in total. The summed E-state index contributed by atoms with van der Waals surface area (Å²) in [5.74, 6) is -0.957. The third kappa shape index (κ3) is 1.62. The van der Waals surface area contributed by atoms with Crippen molar-refractivity contribution < 1.29 is 9.53 Å². The molecular weight excluding hydrogens is 196 g/mol. The fourth-order valence-electron chi connectivity index (χ4n) is 0.744. The molecule has 0 fully saturated rings. The number of nitrogens with zero attached hydrogens (tertiary/aromatic N) is 1. The molecule has 0 atom stereocenters. The monoisotopic (exact) mass is 202 g/mol. The Morgan fingerprint density at radius 1 is 1.77 bits per heavy atom. The number of ether oxygens (including phenoxy) is 1. The van der Waals surface area contributed by atoms with E-state index in [1.807, 2.05) is 0 Å².